The maximum absolute atomic E-state index is 10.5. The van der Waals surface area contributed by atoms with E-state index in [9.17, 15) is 5.11 Å². The summed E-state index contributed by atoms with van der Waals surface area (Å²) in [5.74, 6) is 1.27. The van der Waals surface area contributed by atoms with E-state index in [1.807, 2.05) is 30.3 Å². The molecule has 30 heavy (non-hydrogen) atoms. The summed E-state index contributed by atoms with van der Waals surface area (Å²) in [6.07, 6.45) is -0.500. The van der Waals surface area contributed by atoms with Gasteiger partial charge in [-0.05, 0) is 42.2 Å². The number of β-amino-alcohol motifs (C(OH)–C–C–N with tert-alkyl or cyclic N) is 1. The second-order valence-corrected chi connectivity index (χ2v) is 8.31. The lowest BCUT2D eigenvalue weighted by Gasteiger charge is -2.37. The van der Waals surface area contributed by atoms with E-state index in [1.165, 1.54) is 16.8 Å². The number of anilines is 1. The molecule has 0 amide bonds. The Balaban J connectivity index is 0.00000225. The van der Waals surface area contributed by atoms with Gasteiger partial charge in [-0.25, -0.2) is 0 Å². The molecule has 0 aliphatic carbocycles. The van der Waals surface area contributed by atoms with E-state index < -0.39 is 6.10 Å². The van der Waals surface area contributed by atoms with Crippen molar-refractivity contribution in [2.45, 2.75) is 32.8 Å². The van der Waals surface area contributed by atoms with Gasteiger partial charge in [0, 0.05) is 43.4 Å². The second-order valence-electron chi connectivity index (χ2n) is 7.88. The van der Waals surface area contributed by atoms with E-state index in [0.717, 1.165) is 37.0 Å². The van der Waals surface area contributed by atoms with Crippen LogP contribution in [0.15, 0.2) is 42.5 Å². The van der Waals surface area contributed by atoms with Gasteiger partial charge >= 0.3 is 0 Å². The van der Waals surface area contributed by atoms with Crippen molar-refractivity contribution in [1.29, 1.82) is 0 Å². The van der Waals surface area contributed by atoms with Crippen molar-refractivity contribution in [3.05, 3.63) is 58.6 Å². The molecule has 168 valence electrons. The lowest BCUT2D eigenvalue weighted by Crippen LogP contribution is -2.49. The largest absolute Gasteiger partial charge is 0.491 e. The highest BCUT2D eigenvalue weighted by atomic mass is 35.5. The Bertz CT molecular complexity index is 781. The first kappa shape index (κ1) is 26.9. The first-order valence-electron chi connectivity index (χ1n) is 10.1. The zero-order chi connectivity index (χ0) is 20.1. The Kier molecular flexibility index (Phi) is 11.3. The molecule has 1 aliphatic rings. The van der Waals surface area contributed by atoms with Gasteiger partial charge in [0.05, 0.1) is 0 Å². The number of hydrogen-bond acceptors (Lipinski definition) is 4. The third kappa shape index (κ3) is 7.21. The molecular weight excluding hydrogens is 443 g/mol. The molecule has 1 aliphatic heterocycles. The molecular formula is C23H33Cl3N2O2. The molecule has 7 heteroatoms. The van der Waals surface area contributed by atoms with E-state index in [4.69, 9.17) is 16.3 Å². The highest BCUT2D eigenvalue weighted by Gasteiger charge is 2.21. The van der Waals surface area contributed by atoms with Crippen LogP contribution in [0.1, 0.15) is 30.9 Å². The van der Waals surface area contributed by atoms with Crippen molar-refractivity contribution in [2.24, 2.45) is 0 Å². The second kappa shape index (κ2) is 12.6. The molecule has 4 nitrogen and oxygen atoms in total. The molecule has 1 atom stereocenters. The molecule has 2 aromatic carbocycles. The van der Waals surface area contributed by atoms with Crippen LogP contribution in [-0.4, -0.2) is 55.4 Å². The van der Waals surface area contributed by atoms with Crippen molar-refractivity contribution >= 4 is 42.1 Å². The van der Waals surface area contributed by atoms with Crippen LogP contribution in [-0.2, 0) is 0 Å². The zero-order valence-electron chi connectivity index (χ0n) is 17.9. The molecule has 3 rings (SSSR count). The molecule has 1 heterocycles. The predicted octanol–water partition coefficient (Wildman–Crippen LogP) is 5.18. The summed E-state index contributed by atoms with van der Waals surface area (Å²) in [7, 11) is 0. The number of halogens is 3. The van der Waals surface area contributed by atoms with Crippen LogP contribution >= 0.6 is 36.4 Å². The third-order valence-electron chi connectivity index (χ3n) is 5.33. The van der Waals surface area contributed by atoms with Crippen LogP contribution in [0.5, 0.6) is 5.75 Å². The van der Waals surface area contributed by atoms with E-state index in [0.29, 0.717) is 19.1 Å². The summed E-state index contributed by atoms with van der Waals surface area (Å²) in [6, 6.07) is 14.1. The topological polar surface area (TPSA) is 35.9 Å². The van der Waals surface area contributed by atoms with Crippen LogP contribution in [0.2, 0.25) is 5.02 Å². The SMILES string of the molecule is Cc1ccc(Cl)cc1N1CCN(CC(O)COc2ccccc2C(C)C)CC1.Cl.Cl. The third-order valence-corrected chi connectivity index (χ3v) is 5.56. The van der Waals surface area contributed by atoms with Gasteiger partial charge in [-0.15, -0.1) is 24.8 Å². The van der Waals surface area contributed by atoms with Crippen molar-refractivity contribution in [3.63, 3.8) is 0 Å². The van der Waals surface area contributed by atoms with E-state index in [-0.39, 0.29) is 24.8 Å². The number of nitrogens with zero attached hydrogens (tertiary/aromatic N) is 2. The quantitative estimate of drug-likeness (QED) is 0.599. The summed E-state index contributed by atoms with van der Waals surface area (Å²) in [6.45, 7) is 11.1. The van der Waals surface area contributed by atoms with E-state index >= 15 is 0 Å². The highest BCUT2D eigenvalue weighted by Crippen LogP contribution is 2.27. The van der Waals surface area contributed by atoms with E-state index in [2.05, 4.69) is 42.7 Å². The number of benzene rings is 2. The number of rotatable bonds is 7. The van der Waals surface area contributed by atoms with Crippen molar-refractivity contribution in [3.8, 4) is 5.75 Å². The number of aryl methyl sites for hydroxylation is 1. The number of para-hydroxylation sites is 1. The van der Waals surface area contributed by atoms with Crippen molar-refractivity contribution < 1.29 is 9.84 Å². The van der Waals surface area contributed by atoms with Gasteiger partial charge in [-0.3, -0.25) is 4.90 Å². The molecule has 2 aromatic rings. The Morgan fingerprint density at radius 1 is 1.03 bits per heavy atom. The average molecular weight is 476 g/mol. The van der Waals surface area contributed by atoms with Gasteiger partial charge in [-0.2, -0.15) is 0 Å². The Morgan fingerprint density at radius 3 is 2.37 bits per heavy atom. The summed E-state index contributed by atoms with van der Waals surface area (Å²) in [5, 5.41) is 11.2. The fraction of sp³-hybridized carbons (Fsp3) is 0.478. The molecule has 1 saturated heterocycles. The maximum atomic E-state index is 10.5. The summed E-state index contributed by atoms with van der Waals surface area (Å²) >= 11 is 6.17. The minimum Gasteiger partial charge on any atom is -0.491 e. The Morgan fingerprint density at radius 2 is 1.70 bits per heavy atom. The monoisotopic (exact) mass is 474 g/mol. The van der Waals surface area contributed by atoms with Gasteiger partial charge in [0.2, 0.25) is 0 Å². The smallest absolute Gasteiger partial charge is 0.122 e. The molecule has 0 radical (unpaired) electrons. The summed E-state index contributed by atoms with van der Waals surface area (Å²) in [4.78, 5) is 4.68. The van der Waals surface area contributed by atoms with Gasteiger partial charge in [-0.1, -0.05) is 49.7 Å². The molecule has 0 bridgehead atoms. The van der Waals surface area contributed by atoms with Gasteiger partial charge in [0.1, 0.15) is 18.5 Å². The minimum atomic E-state index is -0.500. The number of aliphatic hydroxyl groups excluding tert-OH is 1. The molecule has 1 unspecified atom stereocenters. The van der Waals surface area contributed by atoms with Crippen LogP contribution in [0.25, 0.3) is 0 Å². The maximum Gasteiger partial charge on any atom is 0.122 e. The van der Waals surface area contributed by atoms with Crippen molar-refractivity contribution in [2.75, 3.05) is 44.2 Å². The normalized spacial score (nSPS) is 15.3. The fourth-order valence-corrected chi connectivity index (χ4v) is 3.89. The van der Waals surface area contributed by atoms with Crippen LogP contribution < -0.4 is 9.64 Å². The van der Waals surface area contributed by atoms with Gasteiger partial charge in [0.15, 0.2) is 0 Å². The average Bonchev–Trinajstić information content (AvgIpc) is 2.69. The lowest BCUT2D eigenvalue weighted by molar-refractivity contribution is 0.0659. The molecule has 0 spiro atoms. The minimum absolute atomic E-state index is 0. The van der Waals surface area contributed by atoms with Crippen LogP contribution in [0, 0.1) is 6.92 Å². The zero-order valence-corrected chi connectivity index (χ0v) is 20.3. The Labute approximate surface area is 198 Å². The molecule has 1 N–H and O–H groups in total. The standard InChI is InChI=1S/C23H31ClN2O2.2ClH/c1-17(2)21-6-4-5-7-23(21)28-16-20(27)15-25-10-12-26(13-11-25)22-14-19(24)9-8-18(22)3;;/h4-9,14,17,20,27H,10-13,15-16H2,1-3H3;2*1H. The van der Waals surface area contributed by atoms with Crippen LogP contribution in [0.4, 0.5) is 5.69 Å². The van der Waals surface area contributed by atoms with Crippen LogP contribution in [0.3, 0.4) is 0 Å². The predicted molar refractivity (Wildman–Crippen MR) is 131 cm³/mol. The number of piperazine rings is 1. The van der Waals surface area contributed by atoms with Gasteiger partial charge < -0.3 is 14.7 Å². The first-order valence-corrected chi connectivity index (χ1v) is 10.4. The fourth-order valence-electron chi connectivity index (χ4n) is 3.72. The van der Waals surface area contributed by atoms with E-state index in [1.54, 1.807) is 0 Å². The lowest BCUT2D eigenvalue weighted by atomic mass is 10.0. The Hall–Kier alpha value is -1.17. The summed E-state index contributed by atoms with van der Waals surface area (Å²) < 4.78 is 5.92. The first-order chi connectivity index (χ1) is 13.4. The summed E-state index contributed by atoms with van der Waals surface area (Å²) in [5.41, 5.74) is 3.64. The van der Waals surface area contributed by atoms with Crippen molar-refractivity contribution in [1.82, 2.24) is 4.90 Å². The molecule has 1 fully saturated rings. The molecule has 0 saturated carbocycles. The van der Waals surface area contributed by atoms with Gasteiger partial charge in [0.25, 0.3) is 0 Å². The number of aliphatic hydroxyl groups is 1. The number of ether oxygens (including phenoxy) is 1. The molecule has 0 aromatic heterocycles. The highest BCUT2D eigenvalue weighted by molar-refractivity contribution is 6.30. The number of hydrogen-bond donors (Lipinski definition) is 1.